The number of fused-ring (bicyclic) bond motifs is 1. The van der Waals surface area contributed by atoms with Gasteiger partial charge in [0.15, 0.2) is 0 Å². The lowest BCUT2D eigenvalue weighted by molar-refractivity contribution is 0.0948. The molecular formula is C15H19N3OS. The highest BCUT2D eigenvalue weighted by atomic mass is 32.1. The third-order valence-corrected chi connectivity index (χ3v) is 4.89. The number of hydrogen-bond donors (Lipinski definition) is 1. The van der Waals surface area contributed by atoms with E-state index in [-0.39, 0.29) is 5.91 Å². The smallest absolute Gasteiger partial charge is 0.261 e. The van der Waals surface area contributed by atoms with Crippen LogP contribution in [0.2, 0.25) is 0 Å². The molecule has 0 spiro atoms. The van der Waals surface area contributed by atoms with Crippen LogP contribution in [0.25, 0.3) is 0 Å². The summed E-state index contributed by atoms with van der Waals surface area (Å²) in [5.41, 5.74) is 1.15. The summed E-state index contributed by atoms with van der Waals surface area (Å²) in [5, 5.41) is 5.08. The maximum absolute atomic E-state index is 12.2. The van der Waals surface area contributed by atoms with Gasteiger partial charge in [0.2, 0.25) is 0 Å². The Hall–Kier alpha value is -1.62. The summed E-state index contributed by atoms with van der Waals surface area (Å²) in [6.45, 7) is 3.83. The average molecular weight is 289 g/mol. The van der Waals surface area contributed by atoms with Gasteiger partial charge >= 0.3 is 0 Å². The first kappa shape index (κ1) is 13.4. The molecular weight excluding hydrogens is 270 g/mol. The summed E-state index contributed by atoms with van der Waals surface area (Å²) in [6.07, 6.45) is 6.86. The van der Waals surface area contributed by atoms with E-state index < -0.39 is 0 Å². The molecule has 20 heavy (non-hydrogen) atoms. The van der Waals surface area contributed by atoms with Crippen LogP contribution in [0.3, 0.4) is 0 Å². The molecule has 1 N–H and O–H groups in total. The van der Waals surface area contributed by atoms with Crippen molar-refractivity contribution >= 4 is 17.2 Å². The average Bonchev–Trinajstić information content (AvgIpc) is 3.12. The van der Waals surface area contributed by atoms with Gasteiger partial charge in [-0.25, -0.2) is 4.98 Å². The van der Waals surface area contributed by atoms with Gasteiger partial charge < -0.3 is 9.88 Å². The van der Waals surface area contributed by atoms with E-state index in [1.807, 2.05) is 23.8 Å². The third-order valence-electron chi connectivity index (χ3n) is 3.94. The summed E-state index contributed by atoms with van der Waals surface area (Å²) in [4.78, 5) is 17.4. The van der Waals surface area contributed by atoms with Gasteiger partial charge in [0, 0.05) is 31.9 Å². The normalized spacial score (nSPS) is 17.8. The predicted molar refractivity (Wildman–Crippen MR) is 80.1 cm³/mol. The van der Waals surface area contributed by atoms with E-state index in [4.69, 9.17) is 0 Å². The Kier molecular flexibility index (Phi) is 3.87. The highest BCUT2D eigenvalue weighted by Gasteiger charge is 2.20. The number of carbonyl (C=O) groups excluding carboxylic acids is 1. The maximum Gasteiger partial charge on any atom is 0.261 e. The molecule has 0 saturated heterocycles. The van der Waals surface area contributed by atoms with Crippen LogP contribution in [-0.4, -0.2) is 22.0 Å². The molecule has 1 atom stereocenters. The number of thiophene rings is 1. The predicted octanol–water partition coefficient (Wildman–Crippen LogP) is 2.50. The van der Waals surface area contributed by atoms with Crippen molar-refractivity contribution in [3.8, 4) is 0 Å². The molecule has 0 unspecified atom stereocenters. The van der Waals surface area contributed by atoms with Crippen LogP contribution in [0.5, 0.6) is 0 Å². The van der Waals surface area contributed by atoms with Crippen molar-refractivity contribution in [3.05, 3.63) is 40.1 Å². The SMILES string of the molecule is CCc1ccsc1C(=O)NC[C@H]1CCn2ccnc2C1. The zero-order valence-electron chi connectivity index (χ0n) is 11.6. The number of nitrogens with one attached hydrogen (secondary N) is 1. The van der Waals surface area contributed by atoms with E-state index in [0.29, 0.717) is 5.92 Å². The van der Waals surface area contributed by atoms with Crippen LogP contribution in [-0.2, 0) is 19.4 Å². The fraction of sp³-hybridized carbons (Fsp3) is 0.467. The molecule has 3 heterocycles. The fourth-order valence-corrected chi connectivity index (χ4v) is 3.63. The van der Waals surface area contributed by atoms with Crippen LogP contribution in [0.4, 0.5) is 0 Å². The minimum absolute atomic E-state index is 0.0748. The van der Waals surface area contributed by atoms with Gasteiger partial charge in [-0.2, -0.15) is 0 Å². The summed E-state index contributed by atoms with van der Waals surface area (Å²) in [6, 6.07) is 2.04. The van der Waals surface area contributed by atoms with Crippen molar-refractivity contribution in [1.82, 2.24) is 14.9 Å². The minimum atomic E-state index is 0.0748. The Morgan fingerprint density at radius 1 is 1.60 bits per heavy atom. The van der Waals surface area contributed by atoms with E-state index in [0.717, 1.165) is 48.6 Å². The summed E-state index contributed by atoms with van der Waals surface area (Å²) in [7, 11) is 0. The molecule has 0 saturated carbocycles. The monoisotopic (exact) mass is 289 g/mol. The number of amides is 1. The molecule has 0 bridgehead atoms. The number of hydrogen-bond acceptors (Lipinski definition) is 3. The fourth-order valence-electron chi connectivity index (χ4n) is 2.72. The first-order valence-electron chi connectivity index (χ1n) is 7.12. The van der Waals surface area contributed by atoms with E-state index in [1.54, 1.807) is 0 Å². The Bertz CT molecular complexity index is 602. The summed E-state index contributed by atoms with van der Waals surface area (Å²) < 4.78 is 2.20. The third kappa shape index (κ3) is 2.63. The Morgan fingerprint density at radius 3 is 3.35 bits per heavy atom. The topological polar surface area (TPSA) is 46.9 Å². The molecule has 0 fully saturated rings. The molecule has 5 heteroatoms. The zero-order chi connectivity index (χ0) is 13.9. The number of carbonyl (C=O) groups is 1. The molecule has 4 nitrogen and oxygen atoms in total. The van der Waals surface area contributed by atoms with Gasteiger partial charge in [-0.05, 0) is 35.8 Å². The van der Waals surface area contributed by atoms with E-state index in [2.05, 4.69) is 21.8 Å². The maximum atomic E-state index is 12.2. The first-order chi connectivity index (χ1) is 9.78. The van der Waals surface area contributed by atoms with Crippen LogP contribution >= 0.6 is 11.3 Å². The van der Waals surface area contributed by atoms with Gasteiger partial charge in [-0.15, -0.1) is 11.3 Å². The van der Waals surface area contributed by atoms with Gasteiger partial charge in [0.25, 0.3) is 5.91 Å². The van der Waals surface area contributed by atoms with Crippen molar-refractivity contribution in [1.29, 1.82) is 0 Å². The minimum Gasteiger partial charge on any atom is -0.351 e. The van der Waals surface area contributed by atoms with E-state index in [9.17, 15) is 4.79 Å². The number of aromatic nitrogens is 2. The van der Waals surface area contributed by atoms with Crippen molar-refractivity contribution in [2.75, 3.05) is 6.54 Å². The molecule has 1 aliphatic rings. The second-order valence-electron chi connectivity index (χ2n) is 5.23. The summed E-state index contributed by atoms with van der Waals surface area (Å²) >= 11 is 1.53. The van der Waals surface area contributed by atoms with Crippen molar-refractivity contribution in [2.45, 2.75) is 32.7 Å². The molecule has 1 aliphatic heterocycles. The van der Waals surface area contributed by atoms with E-state index in [1.165, 1.54) is 11.3 Å². The second kappa shape index (κ2) is 5.79. The highest BCUT2D eigenvalue weighted by molar-refractivity contribution is 7.12. The first-order valence-corrected chi connectivity index (χ1v) is 8.00. The lowest BCUT2D eigenvalue weighted by atomic mass is 9.98. The number of rotatable bonds is 4. The molecule has 2 aromatic rings. The van der Waals surface area contributed by atoms with Crippen LogP contribution in [0.1, 0.15) is 34.4 Å². The summed E-state index contributed by atoms with van der Waals surface area (Å²) in [5.74, 6) is 1.71. The number of nitrogens with zero attached hydrogens (tertiary/aromatic N) is 2. The highest BCUT2D eigenvalue weighted by Crippen LogP contribution is 2.20. The number of imidazole rings is 1. The molecule has 106 valence electrons. The van der Waals surface area contributed by atoms with Crippen molar-refractivity contribution < 1.29 is 4.79 Å². The van der Waals surface area contributed by atoms with E-state index >= 15 is 0 Å². The molecule has 0 aliphatic carbocycles. The Labute approximate surface area is 122 Å². The van der Waals surface area contributed by atoms with Gasteiger partial charge in [-0.3, -0.25) is 4.79 Å². The van der Waals surface area contributed by atoms with Crippen LogP contribution in [0, 0.1) is 5.92 Å². The van der Waals surface area contributed by atoms with Crippen LogP contribution in [0.15, 0.2) is 23.8 Å². The standard InChI is InChI=1S/C15H19N3OS/c1-2-12-4-8-20-14(12)15(19)17-10-11-3-6-18-7-5-16-13(18)9-11/h4-5,7-8,11H,2-3,6,9-10H2,1H3,(H,17,19)/t11-/m0/s1. The van der Waals surface area contributed by atoms with Crippen molar-refractivity contribution in [3.63, 3.8) is 0 Å². The lowest BCUT2D eigenvalue weighted by Crippen LogP contribution is -2.33. The van der Waals surface area contributed by atoms with Gasteiger partial charge in [0.05, 0.1) is 4.88 Å². The van der Waals surface area contributed by atoms with Gasteiger partial charge in [-0.1, -0.05) is 6.92 Å². The second-order valence-corrected chi connectivity index (χ2v) is 6.15. The molecule has 2 aromatic heterocycles. The van der Waals surface area contributed by atoms with Crippen molar-refractivity contribution in [2.24, 2.45) is 5.92 Å². The molecule has 0 radical (unpaired) electrons. The Morgan fingerprint density at radius 2 is 2.50 bits per heavy atom. The lowest BCUT2D eigenvalue weighted by Gasteiger charge is -2.23. The quantitative estimate of drug-likeness (QED) is 0.940. The molecule has 1 amide bonds. The largest absolute Gasteiger partial charge is 0.351 e. The van der Waals surface area contributed by atoms with Gasteiger partial charge in [0.1, 0.15) is 5.82 Å². The zero-order valence-corrected chi connectivity index (χ0v) is 12.4. The molecule has 3 rings (SSSR count). The van der Waals surface area contributed by atoms with Crippen LogP contribution < -0.4 is 5.32 Å². The number of aryl methyl sites for hydroxylation is 2. The molecule has 0 aromatic carbocycles. The Balaban J connectivity index is 1.57.